The Labute approximate surface area is 49.8 Å². The molecule has 0 aliphatic heterocycles. The van der Waals surface area contributed by atoms with E-state index in [-0.39, 0.29) is 0 Å². The average Bonchev–Trinajstić information content (AvgIpc) is 1.30. The Morgan fingerprint density at radius 1 is 1.57 bits per heavy atom. The van der Waals surface area contributed by atoms with Crippen molar-refractivity contribution in [2.24, 2.45) is 0 Å². The lowest BCUT2D eigenvalue weighted by molar-refractivity contribution is 0.497. The fourth-order valence-corrected chi connectivity index (χ4v) is 1.32. The molecule has 0 unspecified atom stereocenters. The second kappa shape index (κ2) is 2.77. The van der Waals surface area contributed by atoms with Gasteiger partial charge in [0.05, 0.1) is 5.75 Å². The quantitative estimate of drug-likeness (QED) is 0.578. The van der Waals surface area contributed by atoms with Crippen LogP contribution in [0.3, 0.4) is 0 Å². The summed E-state index contributed by atoms with van der Waals surface area (Å²) in [6.45, 7) is 0. The van der Waals surface area contributed by atoms with Gasteiger partial charge in [0, 0.05) is 12.1 Å². The average molecular weight is 145 g/mol. The minimum Gasteiger partial charge on any atom is -0.300 e. The monoisotopic (exact) mass is 144 g/mol. The third-order valence-corrected chi connectivity index (χ3v) is 1.85. The molecule has 0 bridgehead atoms. The predicted octanol–water partition coefficient (Wildman–Crippen LogP) is 1.61. The van der Waals surface area contributed by atoms with Crippen molar-refractivity contribution in [1.29, 1.82) is 0 Å². The highest BCUT2D eigenvalue weighted by Crippen LogP contribution is 2.32. The smallest absolute Gasteiger partial charge is 0.0507 e. The van der Waals surface area contributed by atoms with Crippen LogP contribution < -0.4 is 0 Å². The molecule has 2 N–H and O–H groups in total. The highest BCUT2D eigenvalue weighted by atomic mass is 35.5. The topological polar surface area (TPSA) is 40.5 Å². The molecule has 0 aromatic heterocycles. The molecule has 0 saturated heterocycles. The van der Waals surface area contributed by atoms with E-state index in [0.717, 1.165) is 0 Å². The molecule has 0 atom stereocenters. The van der Waals surface area contributed by atoms with E-state index in [4.69, 9.17) is 20.7 Å². The lowest BCUT2D eigenvalue weighted by atomic mass is 11.0. The molecule has 0 heterocycles. The van der Waals surface area contributed by atoms with Gasteiger partial charge in [0.1, 0.15) is 0 Å². The summed E-state index contributed by atoms with van der Waals surface area (Å²) < 4.78 is 17.1. The third-order valence-electron chi connectivity index (χ3n) is 0.464. The number of hydrogen-bond donors (Lipinski definition) is 2. The summed E-state index contributed by atoms with van der Waals surface area (Å²) in [7, 11) is -2.31. The number of alkyl halides is 1. The molecular weight excluding hydrogens is 136 g/mol. The van der Waals surface area contributed by atoms with E-state index in [9.17, 15) is 0 Å². The van der Waals surface area contributed by atoms with Gasteiger partial charge in [-0.05, 0) is 0 Å². The van der Waals surface area contributed by atoms with Crippen LogP contribution in [0.4, 0.5) is 0 Å². The van der Waals surface area contributed by atoms with Crippen molar-refractivity contribution in [3.8, 4) is 0 Å². The van der Waals surface area contributed by atoms with Gasteiger partial charge in [0.25, 0.3) is 0 Å². The van der Waals surface area contributed by atoms with Crippen LogP contribution in [-0.4, -0.2) is 27.0 Å². The summed E-state index contributed by atoms with van der Waals surface area (Å²) in [4.78, 5) is 0. The summed E-state index contributed by atoms with van der Waals surface area (Å²) in [5.41, 5.74) is 0. The van der Waals surface area contributed by atoms with Crippen LogP contribution in [0.1, 0.15) is 0 Å². The highest BCUT2D eigenvalue weighted by Gasteiger charge is 1.99. The normalized spacial score (nSPS) is 14.3. The molecule has 0 aromatic rings. The summed E-state index contributed by atoms with van der Waals surface area (Å²) in [5.74, 6) is 0.618. The summed E-state index contributed by atoms with van der Waals surface area (Å²) in [5, 5.41) is 0. The molecular formula is C3H9ClO2S. The molecule has 46 valence electrons. The maximum Gasteiger partial charge on any atom is 0.0507 e. The Balaban J connectivity index is 3.15. The zero-order valence-corrected chi connectivity index (χ0v) is 5.67. The molecule has 0 aromatic carbocycles. The molecule has 0 amide bonds. The second-order valence-electron chi connectivity index (χ2n) is 1.39. The van der Waals surface area contributed by atoms with Crippen molar-refractivity contribution in [2.45, 2.75) is 0 Å². The van der Waals surface area contributed by atoms with E-state index < -0.39 is 10.6 Å². The van der Waals surface area contributed by atoms with Crippen molar-refractivity contribution in [3.63, 3.8) is 0 Å². The van der Waals surface area contributed by atoms with Gasteiger partial charge in [-0.3, -0.25) is 9.11 Å². The van der Waals surface area contributed by atoms with Gasteiger partial charge < -0.3 is 0 Å². The number of hydrogen-bond acceptors (Lipinski definition) is 2. The first-order valence-electron chi connectivity index (χ1n) is 1.83. The van der Waals surface area contributed by atoms with E-state index in [1.807, 2.05) is 0 Å². The molecule has 0 saturated carbocycles. The number of rotatable bonds is 2. The van der Waals surface area contributed by atoms with Gasteiger partial charge in [-0.25, -0.2) is 0 Å². The van der Waals surface area contributed by atoms with Crippen LogP contribution in [-0.2, 0) is 0 Å². The molecule has 0 spiro atoms. The summed E-state index contributed by atoms with van der Waals surface area (Å²) in [6, 6.07) is 0. The molecule has 0 aliphatic rings. The molecule has 7 heavy (non-hydrogen) atoms. The van der Waals surface area contributed by atoms with E-state index in [1.54, 1.807) is 0 Å². The van der Waals surface area contributed by atoms with Gasteiger partial charge >= 0.3 is 0 Å². The van der Waals surface area contributed by atoms with Crippen molar-refractivity contribution >= 4 is 22.2 Å². The first-order valence-corrected chi connectivity index (χ1v) is 4.49. The molecule has 0 fully saturated rings. The Hall–Kier alpha value is 0.560. The Bertz CT molecular complexity index is 51.4. The van der Waals surface area contributed by atoms with Gasteiger partial charge in [-0.2, -0.15) is 10.6 Å². The first kappa shape index (κ1) is 7.56. The fourth-order valence-electron chi connectivity index (χ4n) is 0.146. The maximum atomic E-state index is 8.57. The standard InChI is InChI=1S/C3H9ClO2S/c1-7(5,6)3-2-4/h5-6H,2-3H2,1H3. The van der Waals surface area contributed by atoms with Gasteiger partial charge in [0.2, 0.25) is 0 Å². The van der Waals surface area contributed by atoms with Crippen LogP contribution in [0.5, 0.6) is 0 Å². The van der Waals surface area contributed by atoms with E-state index in [0.29, 0.717) is 11.6 Å². The SMILES string of the molecule is CS(O)(O)CCCl. The molecule has 0 aliphatic carbocycles. The minimum atomic E-state index is -2.31. The largest absolute Gasteiger partial charge is 0.300 e. The fraction of sp³-hybridized carbons (Fsp3) is 1.00. The van der Waals surface area contributed by atoms with Crippen molar-refractivity contribution in [3.05, 3.63) is 0 Å². The Morgan fingerprint density at radius 3 is 2.00 bits per heavy atom. The zero-order valence-electron chi connectivity index (χ0n) is 4.09. The third kappa shape index (κ3) is 6.56. The minimum absolute atomic E-state index is 0.300. The van der Waals surface area contributed by atoms with Crippen LogP contribution in [0.2, 0.25) is 0 Å². The van der Waals surface area contributed by atoms with Crippen molar-refractivity contribution in [2.75, 3.05) is 17.9 Å². The molecule has 0 radical (unpaired) electrons. The Kier molecular flexibility index (Phi) is 2.99. The second-order valence-corrected chi connectivity index (χ2v) is 4.16. The summed E-state index contributed by atoms with van der Waals surface area (Å²) >= 11 is 5.19. The summed E-state index contributed by atoms with van der Waals surface area (Å²) in [6.07, 6.45) is 1.38. The van der Waals surface area contributed by atoms with Crippen molar-refractivity contribution in [1.82, 2.24) is 0 Å². The maximum absolute atomic E-state index is 8.57. The van der Waals surface area contributed by atoms with Crippen LogP contribution in [0.25, 0.3) is 0 Å². The van der Waals surface area contributed by atoms with E-state index in [1.165, 1.54) is 6.26 Å². The Morgan fingerprint density at radius 2 is 2.00 bits per heavy atom. The van der Waals surface area contributed by atoms with Gasteiger partial charge in [0.15, 0.2) is 0 Å². The highest BCUT2D eigenvalue weighted by molar-refractivity contribution is 8.23. The van der Waals surface area contributed by atoms with Crippen LogP contribution in [0.15, 0.2) is 0 Å². The number of halogens is 1. The van der Waals surface area contributed by atoms with Crippen molar-refractivity contribution < 1.29 is 9.11 Å². The van der Waals surface area contributed by atoms with Crippen LogP contribution >= 0.6 is 22.2 Å². The van der Waals surface area contributed by atoms with Gasteiger partial charge in [-0.15, -0.1) is 11.6 Å². The molecule has 0 rings (SSSR count). The first-order chi connectivity index (χ1) is 3.06. The predicted molar refractivity (Wildman–Crippen MR) is 34.4 cm³/mol. The van der Waals surface area contributed by atoms with Crippen LogP contribution in [0, 0.1) is 0 Å². The zero-order chi connectivity index (χ0) is 5.91. The van der Waals surface area contributed by atoms with E-state index >= 15 is 0 Å². The van der Waals surface area contributed by atoms with Gasteiger partial charge in [-0.1, -0.05) is 0 Å². The molecule has 2 nitrogen and oxygen atoms in total. The lowest BCUT2D eigenvalue weighted by Gasteiger charge is -2.24. The van der Waals surface area contributed by atoms with E-state index in [2.05, 4.69) is 0 Å². The molecule has 4 heteroatoms. The lowest BCUT2D eigenvalue weighted by Crippen LogP contribution is -2.00.